The number of aliphatic hydroxyl groups is 1. The van der Waals surface area contributed by atoms with Crippen molar-refractivity contribution >= 4 is 0 Å². The lowest BCUT2D eigenvalue weighted by Crippen LogP contribution is -2.44. The van der Waals surface area contributed by atoms with Crippen LogP contribution in [0.15, 0.2) is 24.3 Å². The first-order chi connectivity index (χ1) is 10.9. The Balaban J connectivity index is 1.64. The fourth-order valence-corrected chi connectivity index (χ4v) is 3.47. The highest BCUT2D eigenvalue weighted by atomic mass is 19.4. The third-order valence-corrected chi connectivity index (χ3v) is 4.95. The van der Waals surface area contributed by atoms with Gasteiger partial charge in [0.2, 0.25) is 0 Å². The van der Waals surface area contributed by atoms with Crippen molar-refractivity contribution in [3.05, 3.63) is 35.4 Å². The van der Waals surface area contributed by atoms with Gasteiger partial charge in [0.1, 0.15) is 0 Å². The maximum Gasteiger partial charge on any atom is 0.416 e. The zero-order chi connectivity index (χ0) is 16.5. The quantitative estimate of drug-likeness (QED) is 0.925. The number of nitrogens with zero attached hydrogens (tertiary/aromatic N) is 1. The molecule has 23 heavy (non-hydrogen) atoms. The van der Waals surface area contributed by atoms with Crippen molar-refractivity contribution in [2.75, 3.05) is 32.8 Å². The van der Waals surface area contributed by atoms with Crippen LogP contribution in [0.2, 0.25) is 0 Å². The molecule has 2 aliphatic rings. The SMILES string of the molecule is OC1(c2cccc(C(F)(F)F)c2)CCN(C[C@@H]2CCOC2)CC1. The normalized spacial score (nSPS) is 25.7. The Morgan fingerprint density at radius 1 is 1.26 bits per heavy atom. The van der Waals surface area contributed by atoms with Crippen LogP contribution in [0, 0.1) is 5.92 Å². The van der Waals surface area contributed by atoms with E-state index >= 15 is 0 Å². The lowest BCUT2D eigenvalue weighted by molar-refractivity contribution is -0.137. The van der Waals surface area contributed by atoms with Gasteiger partial charge in [0.15, 0.2) is 0 Å². The van der Waals surface area contributed by atoms with Crippen molar-refractivity contribution < 1.29 is 23.0 Å². The number of benzene rings is 1. The van der Waals surface area contributed by atoms with Crippen molar-refractivity contribution in [1.29, 1.82) is 0 Å². The second-order valence-corrected chi connectivity index (χ2v) is 6.64. The van der Waals surface area contributed by atoms with Crippen LogP contribution >= 0.6 is 0 Å². The Bertz CT molecular complexity index is 533. The van der Waals surface area contributed by atoms with Crippen LogP contribution in [0.5, 0.6) is 0 Å². The van der Waals surface area contributed by atoms with Crippen LogP contribution < -0.4 is 0 Å². The molecule has 0 unspecified atom stereocenters. The fraction of sp³-hybridized carbons (Fsp3) is 0.647. The summed E-state index contributed by atoms with van der Waals surface area (Å²) in [7, 11) is 0. The second kappa shape index (κ2) is 6.42. The van der Waals surface area contributed by atoms with Gasteiger partial charge in [-0.25, -0.2) is 0 Å². The Morgan fingerprint density at radius 2 is 2.00 bits per heavy atom. The molecule has 1 atom stereocenters. The third kappa shape index (κ3) is 3.87. The molecular formula is C17H22F3NO2. The first kappa shape index (κ1) is 16.7. The summed E-state index contributed by atoms with van der Waals surface area (Å²) < 4.78 is 43.9. The Morgan fingerprint density at radius 3 is 2.61 bits per heavy atom. The number of piperidine rings is 1. The second-order valence-electron chi connectivity index (χ2n) is 6.64. The van der Waals surface area contributed by atoms with Crippen molar-refractivity contribution in [3.8, 4) is 0 Å². The molecular weight excluding hydrogens is 307 g/mol. The first-order valence-electron chi connectivity index (χ1n) is 8.07. The van der Waals surface area contributed by atoms with E-state index in [1.54, 1.807) is 6.07 Å². The summed E-state index contributed by atoms with van der Waals surface area (Å²) in [5.74, 6) is 0.537. The van der Waals surface area contributed by atoms with E-state index in [9.17, 15) is 18.3 Å². The van der Waals surface area contributed by atoms with Crippen LogP contribution in [-0.4, -0.2) is 42.9 Å². The van der Waals surface area contributed by atoms with Crippen LogP contribution in [0.4, 0.5) is 13.2 Å². The number of likely N-dealkylation sites (tertiary alicyclic amines) is 1. The van der Waals surface area contributed by atoms with E-state index in [1.807, 2.05) is 0 Å². The van der Waals surface area contributed by atoms with Gasteiger partial charge >= 0.3 is 6.18 Å². The molecule has 2 saturated heterocycles. The van der Waals surface area contributed by atoms with Crippen LogP contribution in [0.1, 0.15) is 30.4 Å². The van der Waals surface area contributed by atoms with Gasteiger partial charge in [-0.1, -0.05) is 12.1 Å². The molecule has 6 heteroatoms. The molecule has 0 aromatic heterocycles. The molecule has 2 heterocycles. The molecule has 3 rings (SSSR count). The molecule has 1 aromatic rings. The highest BCUT2D eigenvalue weighted by Gasteiger charge is 2.37. The third-order valence-electron chi connectivity index (χ3n) is 4.95. The highest BCUT2D eigenvalue weighted by Crippen LogP contribution is 2.37. The Hall–Kier alpha value is -1.11. The number of alkyl halides is 3. The lowest BCUT2D eigenvalue weighted by atomic mass is 9.83. The van der Waals surface area contributed by atoms with Crippen molar-refractivity contribution in [1.82, 2.24) is 4.90 Å². The van der Waals surface area contributed by atoms with E-state index in [2.05, 4.69) is 4.90 Å². The number of rotatable bonds is 3. The molecule has 0 amide bonds. The van der Waals surface area contributed by atoms with Crippen molar-refractivity contribution in [2.45, 2.75) is 31.0 Å². The number of halogens is 3. The Labute approximate surface area is 134 Å². The van der Waals surface area contributed by atoms with E-state index in [4.69, 9.17) is 4.74 Å². The smallest absolute Gasteiger partial charge is 0.385 e. The minimum Gasteiger partial charge on any atom is -0.385 e. The fourth-order valence-electron chi connectivity index (χ4n) is 3.47. The summed E-state index contributed by atoms with van der Waals surface area (Å²) in [4.78, 5) is 2.28. The van der Waals surface area contributed by atoms with Crippen LogP contribution in [0.25, 0.3) is 0 Å². The molecule has 0 spiro atoms. The van der Waals surface area contributed by atoms with Gasteiger partial charge < -0.3 is 14.7 Å². The van der Waals surface area contributed by atoms with Crippen LogP contribution in [-0.2, 0) is 16.5 Å². The highest BCUT2D eigenvalue weighted by molar-refractivity contribution is 5.30. The summed E-state index contributed by atoms with van der Waals surface area (Å²) in [5, 5.41) is 10.8. The largest absolute Gasteiger partial charge is 0.416 e. The van der Waals surface area contributed by atoms with E-state index < -0.39 is 17.3 Å². The summed E-state index contributed by atoms with van der Waals surface area (Å²) in [6, 6.07) is 5.09. The number of hydrogen-bond acceptors (Lipinski definition) is 3. The zero-order valence-corrected chi connectivity index (χ0v) is 13.0. The average Bonchev–Trinajstić information content (AvgIpc) is 3.02. The molecule has 2 aliphatic heterocycles. The number of ether oxygens (including phenoxy) is 1. The predicted octanol–water partition coefficient (Wildman–Crippen LogP) is 3.03. The summed E-state index contributed by atoms with van der Waals surface area (Å²) in [6.45, 7) is 3.94. The average molecular weight is 329 g/mol. The minimum absolute atomic E-state index is 0.371. The molecule has 0 aliphatic carbocycles. The standard InChI is InChI=1S/C17H22F3NO2/c18-17(19,20)15-3-1-2-14(10-15)16(22)5-7-21(8-6-16)11-13-4-9-23-12-13/h1-3,10,13,22H,4-9,11-12H2/t13-/m0/s1. The number of hydrogen-bond donors (Lipinski definition) is 1. The Kier molecular flexibility index (Phi) is 4.67. The van der Waals surface area contributed by atoms with Gasteiger partial charge in [0, 0.05) is 26.2 Å². The monoisotopic (exact) mass is 329 g/mol. The maximum absolute atomic E-state index is 12.8. The van der Waals surface area contributed by atoms with Crippen LogP contribution in [0.3, 0.4) is 0 Å². The van der Waals surface area contributed by atoms with Gasteiger partial charge in [0.05, 0.1) is 17.8 Å². The van der Waals surface area contributed by atoms with Crippen molar-refractivity contribution in [2.24, 2.45) is 5.92 Å². The maximum atomic E-state index is 12.8. The van der Waals surface area contributed by atoms with E-state index in [1.165, 1.54) is 6.07 Å². The summed E-state index contributed by atoms with van der Waals surface area (Å²) >= 11 is 0. The van der Waals surface area contributed by atoms with Gasteiger partial charge in [-0.2, -0.15) is 13.2 Å². The van der Waals surface area contributed by atoms with Gasteiger partial charge in [-0.05, 0) is 42.9 Å². The molecule has 0 radical (unpaired) electrons. The molecule has 2 fully saturated rings. The van der Waals surface area contributed by atoms with Gasteiger partial charge in [0.25, 0.3) is 0 Å². The topological polar surface area (TPSA) is 32.7 Å². The molecule has 3 nitrogen and oxygen atoms in total. The van der Waals surface area contributed by atoms with Gasteiger partial charge in [-0.3, -0.25) is 0 Å². The van der Waals surface area contributed by atoms with E-state index in [0.717, 1.165) is 38.3 Å². The lowest BCUT2D eigenvalue weighted by Gasteiger charge is -2.39. The minimum atomic E-state index is -4.38. The molecule has 1 aromatic carbocycles. The molecule has 0 bridgehead atoms. The predicted molar refractivity (Wildman–Crippen MR) is 79.9 cm³/mol. The molecule has 1 N–H and O–H groups in total. The van der Waals surface area contributed by atoms with E-state index in [-0.39, 0.29) is 0 Å². The first-order valence-corrected chi connectivity index (χ1v) is 8.07. The van der Waals surface area contributed by atoms with Gasteiger partial charge in [-0.15, -0.1) is 0 Å². The summed E-state index contributed by atoms with van der Waals surface area (Å²) in [5.41, 5.74) is -1.49. The molecule has 0 saturated carbocycles. The van der Waals surface area contributed by atoms with E-state index in [0.29, 0.717) is 37.4 Å². The summed E-state index contributed by atoms with van der Waals surface area (Å²) in [6.07, 6.45) is -2.40. The zero-order valence-electron chi connectivity index (χ0n) is 13.0. The molecule has 128 valence electrons. The van der Waals surface area contributed by atoms with Crippen molar-refractivity contribution in [3.63, 3.8) is 0 Å².